The predicted octanol–water partition coefficient (Wildman–Crippen LogP) is -0.519. The minimum Gasteiger partial charge on any atom is -0.480 e. The van der Waals surface area contributed by atoms with E-state index >= 15 is 0 Å². The van der Waals surface area contributed by atoms with Crippen LogP contribution >= 0.6 is 0 Å². The molecule has 0 spiro atoms. The van der Waals surface area contributed by atoms with Gasteiger partial charge in [-0.15, -0.1) is 0 Å². The fourth-order valence-corrected chi connectivity index (χ4v) is 1.90. The average Bonchev–Trinajstić information content (AvgIpc) is 2.75. The van der Waals surface area contributed by atoms with Crippen LogP contribution in [-0.2, 0) is 19.1 Å². The van der Waals surface area contributed by atoms with Crippen LogP contribution in [0.3, 0.4) is 0 Å². The van der Waals surface area contributed by atoms with E-state index in [2.05, 4.69) is 15.4 Å². The van der Waals surface area contributed by atoms with E-state index in [1.807, 2.05) is 0 Å². The standard InChI is InChI=1S/C11H18N2O6/c1-18-8-3-2-7(4-8)12-11(17)13-9(14)5-19-6-10(15)16/h7-8H,2-6H2,1H3,(H,15,16)(H2,12,13,14,17). The lowest BCUT2D eigenvalue weighted by Gasteiger charge is -2.13. The van der Waals surface area contributed by atoms with E-state index in [-0.39, 0.29) is 12.1 Å². The first-order valence-corrected chi connectivity index (χ1v) is 5.94. The fraction of sp³-hybridized carbons (Fsp3) is 0.727. The van der Waals surface area contributed by atoms with Crippen LogP contribution in [-0.4, -0.2) is 55.5 Å². The molecule has 3 amide bonds. The zero-order valence-corrected chi connectivity index (χ0v) is 10.7. The lowest BCUT2D eigenvalue weighted by molar-refractivity contribution is -0.143. The molecule has 0 aromatic carbocycles. The van der Waals surface area contributed by atoms with Crippen molar-refractivity contribution in [2.24, 2.45) is 0 Å². The van der Waals surface area contributed by atoms with Gasteiger partial charge in [0.25, 0.3) is 5.91 Å². The molecule has 108 valence electrons. The maximum atomic E-state index is 11.4. The number of ether oxygens (including phenoxy) is 2. The van der Waals surface area contributed by atoms with Crippen molar-refractivity contribution in [2.45, 2.75) is 31.4 Å². The second kappa shape index (κ2) is 7.70. The molecular weight excluding hydrogens is 256 g/mol. The fourth-order valence-electron chi connectivity index (χ4n) is 1.90. The molecule has 0 aromatic rings. The monoisotopic (exact) mass is 274 g/mol. The number of carboxylic acid groups (broad SMARTS) is 1. The number of aliphatic carboxylic acids is 1. The summed E-state index contributed by atoms with van der Waals surface area (Å²) >= 11 is 0. The molecular formula is C11H18N2O6. The first-order chi connectivity index (χ1) is 9.01. The molecule has 8 nitrogen and oxygen atoms in total. The van der Waals surface area contributed by atoms with Crippen LogP contribution in [0.15, 0.2) is 0 Å². The van der Waals surface area contributed by atoms with Crippen LogP contribution in [0.2, 0.25) is 0 Å². The smallest absolute Gasteiger partial charge is 0.329 e. The number of carbonyl (C=O) groups is 3. The number of hydrogen-bond acceptors (Lipinski definition) is 5. The summed E-state index contributed by atoms with van der Waals surface area (Å²) in [4.78, 5) is 32.8. The van der Waals surface area contributed by atoms with Crippen molar-refractivity contribution < 1.29 is 29.0 Å². The first kappa shape index (κ1) is 15.4. The minimum absolute atomic E-state index is 0.0160. The van der Waals surface area contributed by atoms with Crippen LogP contribution in [0.1, 0.15) is 19.3 Å². The van der Waals surface area contributed by atoms with E-state index < -0.39 is 31.1 Å². The highest BCUT2D eigenvalue weighted by Crippen LogP contribution is 2.21. The number of hydrogen-bond donors (Lipinski definition) is 3. The van der Waals surface area contributed by atoms with Gasteiger partial charge < -0.3 is 19.9 Å². The predicted molar refractivity (Wildman–Crippen MR) is 63.6 cm³/mol. The third-order valence-corrected chi connectivity index (χ3v) is 2.76. The Morgan fingerprint density at radius 1 is 1.26 bits per heavy atom. The van der Waals surface area contributed by atoms with Crippen molar-refractivity contribution in [2.75, 3.05) is 20.3 Å². The molecule has 0 radical (unpaired) electrons. The number of nitrogens with one attached hydrogen (secondary N) is 2. The van der Waals surface area contributed by atoms with Gasteiger partial charge in [0.15, 0.2) is 0 Å². The lowest BCUT2D eigenvalue weighted by atomic mass is 10.2. The summed E-state index contributed by atoms with van der Waals surface area (Å²) in [6.07, 6.45) is 2.53. The largest absolute Gasteiger partial charge is 0.480 e. The number of amides is 3. The molecule has 1 fully saturated rings. The lowest BCUT2D eigenvalue weighted by Crippen LogP contribution is -2.45. The van der Waals surface area contributed by atoms with E-state index in [4.69, 9.17) is 9.84 Å². The molecule has 3 N–H and O–H groups in total. The molecule has 1 rings (SSSR count). The van der Waals surface area contributed by atoms with Crippen LogP contribution < -0.4 is 10.6 Å². The Bertz CT molecular complexity index is 346. The van der Waals surface area contributed by atoms with E-state index in [1.54, 1.807) is 7.11 Å². The van der Waals surface area contributed by atoms with E-state index in [0.717, 1.165) is 12.8 Å². The van der Waals surface area contributed by atoms with Gasteiger partial charge in [0, 0.05) is 13.2 Å². The number of methoxy groups -OCH3 is 1. The van der Waals surface area contributed by atoms with Gasteiger partial charge in [-0.3, -0.25) is 10.1 Å². The molecule has 1 aliphatic rings. The Labute approximate surface area is 110 Å². The Morgan fingerprint density at radius 3 is 2.58 bits per heavy atom. The van der Waals surface area contributed by atoms with Gasteiger partial charge in [-0.2, -0.15) is 0 Å². The van der Waals surface area contributed by atoms with E-state index in [0.29, 0.717) is 6.42 Å². The molecule has 1 saturated carbocycles. The highest BCUT2D eigenvalue weighted by molar-refractivity contribution is 5.95. The molecule has 2 atom stereocenters. The van der Waals surface area contributed by atoms with Gasteiger partial charge in [0.05, 0.1) is 6.10 Å². The topological polar surface area (TPSA) is 114 Å². The quantitative estimate of drug-likeness (QED) is 0.600. The molecule has 0 heterocycles. The number of carbonyl (C=O) groups excluding carboxylic acids is 2. The molecule has 1 aliphatic carbocycles. The maximum absolute atomic E-state index is 11.4. The summed E-state index contributed by atoms with van der Waals surface area (Å²) in [7, 11) is 1.62. The zero-order valence-electron chi connectivity index (χ0n) is 10.7. The minimum atomic E-state index is -1.17. The summed E-state index contributed by atoms with van der Waals surface area (Å²) in [5.41, 5.74) is 0. The van der Waals surface area contributed by atoms with E-state index in [9.17, 15) is 14.4 Å². The van der Waals surface area contributed by atoms with Crippen molar-refractivity contribution in [1.29, 1.82) is 0 Å². The molecule has 0 saturated heterocycles. The average molecular weight is 274 g/mol. The highest BCUT2D eigenvalue weighted by atomic mass is 16.5. The first-order valence-electron chi connectivity index (χ1n) is 5.94. The molecule has 19 heavy (non-hydrogen) atoms. The van der Waals surface area contributed by atoms with Crippen molar-refractivity contribution in [3.63, 3.8) is 0 Å². The summed E-state index contributed by atoms with van der Waals surface area (Å²) in [6.45, 7) is -1.04. The van der Waals surface area contributed by atoms with Gasteiger partial charge in [-0.1, -0.05) is 0 Å². The van der Waals surface area contributed by atoms with Crippen LogP contribution in [0.5, 0.6) is 0 Å². The number of carboxylic acids is 1. The molecule has 0 aromatic heterocycles. The second-order valence-electron chi connectivity index (χ2n) is 4.28. The Morgan fingerprint density at radius 2 is 2.00 bits per heavy atom. The summed E-state index contributed by atoms with van der Waals surface area (Å²) in [5.74, 6) is -1.85. The third-order valence-electron chi connectivity index (χ3n) is 2.76. The number of imide groups is 1. The Kier molecular flexibility index (Phi) is 6.23. The molecule has 2 unspecified atom stereocenters. The summed E-state index contributed by atoms with van der Waals surface area (Å²) in [6, 6.07) is -0.622. The van der Waals surface area contributed by atoms with Crippen LogP contribution in [0.25, 0.3) is 0 Å². The maximum Gasteiger partial charge on any atom is 0.329 e. The van der Waals surface area contributed by atoms with Gasteiger partial charge >= 0.3 is 12.0 Å². The van der Waals surface area contributed by atoms with Gasteiger partial charge in [0.2, 0.25) is 0 Å². The van der Waals surface area contributed by atoms with Crippen LogP contribution in [0, 0.1) is 0 Å². The number of urea groups is 1. The highest BCUT2D eigenvalue weighted by Gasteiger charge is 2.25. The van der Waals surface area contributed by atoms with Gasteiger partial charge in [-0.05, 0) is 19.3 Å². The number of rotatable bonds is 6. The SMILES string of the molecule is COC1CCC(NC(=O)NC(=O)COCC(=O)O)C1. The summed E-state index contributed by atoms with van der Waals surface area (Å²) < 4.78 is 9.72. The van der Waals surface area contributed by atoms with Crippen molar-refractivity contribution in [3.05, 3.63) is 0 Å². The van der Waals surface area contributed by atoms with Crippen molar-refractivity contribution >= 4 is 17.9 Å². The Balaban J connectivity index is 2.16. The zero-order chi connectivity index (χ0) is 14.3. The van der Waals surface area contributed by atoms with Gasteiger partial charge in [0.1, 0.15) is 13.2 Å². The molecule has 8 heteroatoms. The second-order valence-corrected chi connectivity index (χ2v) is 4.28. The third kappa shape index (κ3) is 6.16. The molecule has 0 aliphatic heterocycles. The van der Waals surface area contributed by atoms with Crippen molar-refractivity contribution in [3.8, 4) is 0 Å². The molecule has 0 bridgehead atoms. The van der Waals surface area contributed by atoms with Crippen molar-refractivity contribution in [1.82, 2.24) is 10.6 Å². The Hall–Kier alpha value is -1.67. The normalized spacial score (nSPS) is 21.9. The summed E-state index contributed by atoms with van der Waals surface area (Å²) in [5, 5.41) is 13.0. The van der Waals surface area contributed by atoms with Crippen LogP contribution in [0.4, 0.5) is 4.79 Å². The van der Waals surface area contributed by atoms with Gasteiger partial charge in [-0.25, -0.2) is 9.59 Å². The van der Waals surface area contributed by atoms with E-state index in [1.165, 1.54) is 0 Å².